The molecule has 4 aliphatic carbocycles. The summed E-state index contributed by atoms with van der Waals surface area (Å²) in [6.07, 6.45) is 11.4. The number of aliphatic hydroxyl groups is 2. The van der Waals surface area contributed by atoms with Gasteiger partial charge in [0, 0.05) is 24.0 Å². The van der Waals surface area contributed by atoms with Crippen LogP contribution in [0.15, 0.2) is 11.6 Å². The number of fused-ring (bicyclic) bond motifs is 9. The SMILES string of the molecule is C[C@@H]1CC[C@H]2[C@H](C)[C@@H]3[C@@H](C[C@H]4[C@H]5CC=C6C[C@@H](O)CC[C@]6(C)[C@@H]5C[C@@H](O)[C@]34C)N2C1. The Kier molecular flexibility index (Phi) is 4.44. The summed E-state index contributed by atoms with van der Waals surface area (Å²) in [6, 6.07) is 1.46. The zero-order valence-electron chi connectivity index (χ0n) is 19.6. The lowest BCUT2D eigenvalue weighted by molar-refractivity contribution is -0.135. The number of aliphatic hydroxyl groups excluding tert-OH is 2. The minimum atomic E-state index is -0.164. The van der Waals surface area contributed by atoms with E-state index in [1.165, 1.54) is 37.8 Å². The molecule has 0 radical (unpaired) electrons. The molecule has 3 saturated carbocycles. The van der Waals surface area contributed by atoms with E-state index in [1.807, 2.05) is 0 Å². The standard InChI is InChI=1S/C27H43NO2/c1-15-5-8-22-16(2)25-23(28(22)14-15)12-21-19-7-6-17-11-18(29)9-10-26(17,3)20(19)13-24(30)27(21,25)4/h6,15-16,18-25,29-30H,5,7-14H2,1-4H3/t15-,16+,18+,19+,20-,21+,22+,23-,24-,25-,26+,27-/m1/s1. The van der Waals surface area contributed by atoms with Crippen LogP contribution >= 0.6 is 0 Å². The van der Waals surface area contributed by atoms with Gasteiger partial charge in [-0.15, -0.1) is 0 Å². The summed E-state index contributed by atoms with van der Waals surface area (Å²) >= 11 is 0. The molecule has 6 rings (SSSR count). The van der Waals surface area contributed by atoms with Crippen molar-refractivity contribution in [2.75, 3.05) is 6.54 Å². The summed E-state index contributed by atoms with van der Waals surface area (Å²) in [5, 5.41) is 22.1. The number of rotatable bonds is 0. The van der Waals surface area contributed by atoms with E-state index in [2.05, 4.69) is 38.7 Å². The number of nitrogens with zero attached hydrogens (tertiary/aromatic N) is 1. The molecular weight excluding hydrogens is 370 g/mol. The second kappa shape index (κ2) is 6.58. The van der Waals surface area contributed by atoms with Gasteiger partial charge in [-0.3, -0.25) is 4.90 Å². The number of piperidine rings is 1. The number of allylic oxidation sites excluding steroid dienone is 1. The molecule has 30 heavy (non-hydrogen) atoms. The maximum atomic E-state index is 11.8. The van der Waals surface area contributed by atoms with Crippen molar-refractivity contribution in [1.29, 1.82) is 0 Å². The lowest BCUT2D eigenvalue weighted by Crippen LogP contribution is -2.57. The van der Waals surface area contributed by atoms with Gasteiger partial charge in [0.1, 0.15) is 0 Å². The second-order valence-corrected chi connectivity index (χ2v) is 12.9. The van der Waals surface area contributed by atoms with E-state index in [0.717, 1.165) is 49.5 Å². The zero-order valence-corrected chi connectivity index (χ0v) is 19.6. The summed E-state index contributed by atoms with van der Waals surface area (Å²) in [7, 11) is 0. The van der Waals surface area contributed by atoms with Crippen LogP contribution in [0.4, 0.5) is 0 Å². The molecule has 0 bridgehead atoms. The fourth-order valence-corrected chi connectivity index (χ4v) is 10.3. The van der Waals surface area contributed by atoms with Crippen LogP contribution in [-0.2, 0) is 0 Å². The Morgan fingerprint density at radius 2 is 1.80 bits per heavy atom. The Hall–Kier alpha value is -0.380. The predicted molar refractivity (Wildman–Crippen MR) is 120 cm³/mol. The van der Waals surface area contributed by atoms with Crippen LogP contribution in [0, 0.1) is 46.3 Å². The summed E-state index contributed by atoms with van der Waals surface area (Å²) < 4.78 is 0. The van der Waals surface area contributed by atoms with Crippen LogP contribution < -0.4 is 0 Å². The molecule has 0 unspecified atom stereocenters. The van der Waals surface area contributed by atoms with Crippen molar-refractivity contribution in [2.24, 2.45) is 46.3 Å². The largest absolute Gasteiger partial charge is 0.393 e. The Morgan fingerprint density at radius 3 is 2.60 bits per heavy atom. The molecule has 0 amide bonds. The fourth-order valence-electron chi connectivity index (χ4n) is 10.3. The van der Waals surface area contributed by atoms with E-state index in [1.54, 1.807) is 0 Å². The van der Waals surface area contributed by atoms with Gasteiger partial charge in [-0.25, -0.2) is 0 Å². The van der Waals surface area contributed by atoms with Crippen molar-refractivity contribution in [3.05, 3.63) is 11.6 Å². The molecule has 12 atom stereocenters. The quantitative estimate of drug-likeness (QED) is 0.569. The average molecular weight is 414 g/mol. The smallest absolute Gasteiger partial charge is 0.0603 e. The highest BCUT2D eigenvalue weighted by molar-refractivity contribution is 5.27. The minimum absolute atomic E-state index is 0.0850. The Bertz CT molecular complexity index is 749. The molecule has 3 nitrogen and oxygen atoms in total. The fraction of sp³-hybridized carbons (Fsp3) is 0.926. The number of hydrogen-bond donors (Lipinski definition) is 2. The highest BCUT2D eigenvalue weighted by Gasteiger charge is 2.69. The van der Waals surface area contributed by atoms with E-state index in [0.29, 0.717) is 23.8 Å². The Labute approximate surface area is 183 Å². The van der Waals surface area contributed by atoms with Gasteiger partial charge in [0.05, 0.1) is 12.2 Å². The van der Waals surface area contributed by atoms with Crippen molar-refractivity contribution >= 4 is 0 Å². The summed E-state index contributed by atoms with van der Waals surface area (Å²) in [4.78, 5) is 2.91. The summed E-state index contributed by atoms with van der Waals surface area (Å²) in [6.45, 7) is 11.2. The molecule has 0 aromatic rings. The van der Waals surface area contributed by atoms with Gasteiger partial charge >= 0.3 is 0 Å². The second-order valence-electron chi connectivity index (χ2n) is 12.9. The van der Waals surface area contributed by atoms with Crippen LogP contribution in [0.1, 0.15) is 79.1 Å². The molecule has 0 aromatic carbocycles. The molecule has 5 fully saturated rings. The van der Waals surface area contributed by atoms with E-state index >= 15 is 0 Å². The maximum absolute atomic E-state index is 11.8. The summed E-state index contributed by atoms with van der Waals surface area (Å²) in [5.41, 5.74) is 1.80. The van der Waals surface area contributed by atoms with Crippen molar-refractivity contribution in [3.8, 4) is 0 Å². The van der Waals surface area contributed by atoms with E-state index in [-0.39, 0.29) is 23.0 Å². The first-order valence-corrected chi connectivity index (χ1v) is 13.1. The Balaban J connectivity index is 1.36. The van der Waals surface area contributed by atoms with Crippen LogP contribution in [0.25, 0.3) is 0 Å². The van der Waals surface area contributed by atoms with E-state index < -0.39 is 0 Å². The van der Waals surface area contributed by atoms with Crippen molar-refractivity contribution in [1.82, 2.24) is 4.90 Å². The minimum Gasteiger partial charge on any atom is -0.393 e. The topological polar surface area (TPSA) is 43.7 Å². The third-order valence-corrected chi connectivity index (χ3v) is 11.8. The zero-order chi connectivity index (χ0) is 21.0. The van der Waals surface area contributed by atoms with Gasteiger partial charge < -0.3 is 10.2 Å². The molecule has 0 spiro atoms. The molecule has 3 heteroatoms. The van der Waals surface area contributed by atoms with E-state index in [9.17, 15) is 10.2 Å². The first-order valence-electron chi connectivity index (χ1n) is 13.1. The molecule has 2 saturated heterocycles. The van der Waals surface area contributed by atoms with Crippen LogP contribution in [-0.4, -0.2) is 45.9 Å². The first kappa shape index (κ1) is 20.2. The highest BCUT2D eigenvalue weighted by Crippen LogP contribution is 2.69. The monoisotopic (exact) mass is 413 g/mol. The molecule has 2 aliphatic heterocycles. The van der Waals surface area contributed by atoms with Gasteiger partial charge in [0.25, 0.3) is 0 Å². The van der Waals surface area contributed by atoms with Crippen LogP contribution in [0.5, 0.6) is 0 Å². The average Bonchev–Trinajstić information content (AvgIpc) is 3.17. The van der Waals surface area contributed by atoms with Gasteiger partial charge in [-0.1, -0.05) is 39.3 Å². The van der Waals surface area contributed by atoms with Gasteiger partial charge in [-0.2, -0.15) is 0 Å². The van der Waals surface area contributed by atoms with Crippen LogP contribution in [0.3, 0.4) is 0 Å². The molecule has 2 heterocycles. The highest BCUT2D eigenvalue weighted by atomic mass is 16.3. The molecule has 168 valence electrons. The van der Waals surface area contributed by atoms with Crippen LogP contribution in [0.2, 0.25) is 0 Å². The lowest BCUT2D eigenvalue weighted by atomic mass is 9.46. The van der Waals surface area contributed by atoms with Crippen molar-refractivity contribution in [3.63, 3.8) is 0 Å². The van der Waals surface area contributed by atoms with Gasteiger partial charge in [-0.05, 0) is 92.3 Å². The lowest BCUT2D eigenvalue weighted by Gasteiger charge is -2.60. The Morgan fingerprint density at radius 1 is 1.00 bits per heavy atom. The maximum Gasteiger partial charge on any atom is 0.0603 e. The third-order valence-electron chi connectivity index (χ3n) is 11.8. The first-order chi connectivity index (χ1) is 14.2. The molecule has 6 aliphatic rings. The molecular formula is C27H43NO2. The van der Waals surface area contributed by atoms with E-state index in [4.69, 9.17) is 0 Å². The third kappa shape index (κ3) is 2.44. The van der Waals surface area contributed by atoms with Crippen molar-refractivity contribution < 1.29 is 10.2 Å². The summed E-state index contributed by atoms with van der Waals surface area (Å²) in [5.74, 6) is 4.19. The molecule has 2 N–H and O–H groups in total. The van der Waals surface area contributed by atoms with Crippen molar-refractivity contribution in [2.45, 2.75) is 103 Å². The predicted octanol–water partition coefficient (Wildman–Crippen LogP) is 4.63. The molecule has 0 aromatic heterocycles. The van der Waals surface area contributed by atoms with Gasteiger partial charge in [0.15, 0.2) is 0 Å². The normalized spacial score (nSPS) is 60.1. The number of hydrogen-bond acceptors (Lipinski definition) is 3. The van der Waals surface area contributed by atoms with Gasteiger partial charge in [0.2, 0.25) is 0 Å².